The van der Waals surface area contributed by atoms with Crippen molar-refractivity contribution in [2.45, 2.75) is 0 Å². The normalized spacial score (nSPS) is 10.3. The Hall–Kier alpha value is -1.04. The van der Waals surface area contributed by atoms with Crippen molar-refractivity contribution >= 4 is 40.2 Å². The van der Waals surface area contributed by atoms with Gasteiger partial charge in [0.15, 0.2) is 5.75 Å². The van der Waals surface area contributed by atoms with Gasteiger partial charge in [0, 0.05) is 6.07 Å². The molecule has 7 heteroatoms. The molecule has 0 aliphatic heterocycles. The first-order valence-electron chi connectivity index (χ1n) is 3.85. The summed E-state index contributed by atoms with van der Waals surface area (Å²) < 4.78 is 5.36. The summed E-state index contributed by atoms with van der Waals surface area (Å²) >= 11 is 12.9. The van der Waals surface area contributed by atoms with E-state index in [2.05, 4.69) is 10.2 Å². The minimum Gasteiger partial charge on any atom is -0.428 e. The lowest BCUT2D eigenvalue weighted by Crippen LogP contribution is -1.92. The zero-order valence-electron chi connectivity index (χ0n) is 7.28. The van der Waals surface area contributed by atoms with Gasteiger partial charge >= 0.3 is 0 Å². The Bertz CT molecular complexity index is 475. The van der Waals surface area contributed by atoms with Crippen LogP contribution in [0, 0.1) is 0 Å². The summed E-state index contributed by atoms with van der Waals surface area (Å²) in [5.74, 6) is 0.418. The Morgan fingerprint density at radius 1 is 1.27 bits per heavy atom. The summed E-state index contributed by atoms with van der Waals surface area (Å²) in [6.45, 7) is 0. The third kappa shape index (κ3) is 2.31. The van der Waals surface area contributed by atoms with Crippen LogP contribution in [-0.2, 0) is 0 Å². The maximum atomic E-state index is 5.83. The number of benzene rings is 1. The van der Waals surface area contributed by atoms with Crippen LogP contribution in [0.2, 0.25) is 10.0 Å². The molecule has 1 aromatic carbocycles. The van der Waals surface area contributed by atoms with Crippen LogP contribution >= 0.6 is 34.5 Å². The smallest absolute Gasteiger partial charge is 0.299 e. The molecule has 0 radical (unpaired) electrons. The summed E-state index contributed by atoms with van der Waals surface area (Å²) in [7, 11) is 0. The van der Waals surface area contributed by atoms with E-state index in [1.54, 1.807) is 11.6 Å². The third-order valence-electron chi connectivity index (χ3n) is 1.59. The van der Waals surface area contributed by atoms with E-state index < -0.39 is 0 Å². The molecule has 0 saturated heterocycles. The number of nitrogens with zero attached hydrogens (tertiary/aromatic N) is 2. The Kier molecular flexibility index (Phi) is 2.95. The summed E-state index contributed by atoms with van der Waals surface area (Å²) in [4.78, 5) is 0. The topological polar surface area (TPSA) is 61.0 Å². The van der Waals surface area contributed by atoms with Gasteiger partial charge in [-0.2, -0.15) is 0 Å². The second kappa shape index (κ2) is 4.22. The van der Waals surface area contributed by atoms with E-state index in [1.807, 2.05) is 0 Å². The van der Waals surface area contributed by atoms with Crippen molar-refractivity contribution in [2.75, 3.05) is 5.73 Å². The average Bonchev–Trinajstić information content (AvgIpc) is 2.67. The molecule has 2 aromatic rings. The van der Waals surface area contributed by atoms with E-state index in [-0.39, 0.29) is 0 Å². The summed E-state index contributed by atoms with van der Waals surface area (Å²) in [6, 6.07) is 3.07. The van der Waals surface area contributed by atoms with Crippen LogP contribution in [0.3, 0.4) is 0 Å². The minimum atomic E-state index is 0.380. The summed E-state index contributed by atoms with van der Waals surface area (Å²) in [5, 5.41) is 8.52. The van der Waals surface area contributed by atoms with Gasteiger partial charge in [0.1, 0.15) is 5.51 Å². The molecule has 0 aliphatic carbocycles. The van der Waals surface area contributed by atoms with E-state index >= 15 is 0 Å². The number of rotatable bonds is 2. The molecule has 1 aromatic heterocycles. The lowest BCUT2D eigenvalue weighted by Gasteiger charge is -2.06. The number of ether oxygens (including phenoxy) is 1. The van der Waals surface area contributed by atoms with Crippen molar-refractivity contribution < 1.29 is 4.74 Å². The molecule has 1 heterocycles. The zero-order chi connectivity index (χ0) is 10.8. The van der Waals surface area contributed by atoms with Crippen LogP contribution in [0.25, 0.3) is 0 Å². The number of nitrogens with two attached hydrogens (primary N) is 1. The van der Waals surface area contributed by atoms with E-state index in [0.29, 0.717) is 26.7 Å². The Morgan fingerprint density at radius 2 is 2.00 bits per heavy atom. The zero-order valence-corrected chi connectivity index (χ0v) is 9.60. The van der Waals surface area contributed by atoms with Crippen molar-refractivity contribution in [1.82, 2.24) is 10.2 Å². The van der Waals surface area contributed by atoms with Crippen LogP contribution in [0.4, 0.5) is 5.69 Å². The third-order valence-corrected chi connectivity index (χ3v) is 2.88. The number of anilines is 1. The fourth-order valence-electron chi connectivity index (χ4n) is 0.934. The maximum Gasteiger partial charge on any atom is 0.299 e. The number of hydrogen-bond acceptors (Lipinski definition) is 5. The molecule has 4 nitrogen and oxygen atoms in total. The largest absolute Gasteiger partial charge is 0.428 e. The standard InChI is InChI=1S/C8H5Cl2N3OS/c9-4-1-6(11)7(2-5(4)10)14-8-13-12-3-15-8/h1-3H,11H2. The maximum absolute atomic E-state index is 5.83. The van der Waals surface area contributed by atoms with Gasteiger partial charge in [-0.15, -0.1) is 5.10 Å². The molecular formula is C8H5Cl2N3OS. The van der Waals surface area contributed by atoms with Crippen molar-refractivity contribution in [1.29, 1.82) is 0 Å². The fraction of sp³-hybridized carbons (Fsp3) is 0. The Labute approximate surface area is 99.6 Å². The van der Waals surface area contributed by atoms with Gasteiger partial charge < -0.3 is 10.5 Å². The highest BCUT2D eigenvalue weighted by Crippen LogP contribution is 2.35. The van der Waals surface area contributed by atoms with Gasteiger partial charge in [0.05, 0.1) is 15.7 Å². The van der Waals surface area contributed by atoms with Crippen molar-refractivity contribution in [3.05, 3.63) is 27.7 Å². The number of hydrogen-bond donors (Lipinski definition) is 1. The fourth-order valence-corrected chi connectivity index (χ4v) is 1.68. The molecule has 2 N–H and O–H groups in total. The first kappa shape index (κ1) is 10.5. The quantitative estimate of drug-likeness (QED) is 0.844. The summed E-state index contributed by atoms with van der Waals surface area (Å²) in [5.41, 5.74) is 7.66. The van der Waals surface area contributed by atoms with Gasteiger partial charge in [-0.3, -0.25) is 0 Å². The van der Waals surface area contributed by atoms with Gasteiger partial charge in [-0.05, 0) is 6.07 Å². The molecule has 0 atom stereocenters. The lowest BCUT2D eigenvalue weighted by atomic mass is 10.3. The molecule has 0 saturated carbocycles. The van der Waals surface area contributed by atoms with Gasteiger partial charge in [-0.1, -0.05) is 39.6 Å². The molecule has 2 rings (SSSR count). The molecule has 0 unspecified atom stereocenters. The Morgan fingerprint density at radius 3 is 2.67 bits per heavy atom. The number of nitrogen functional groups attached to an aromatic ring is 1. The molecule has 15 heavy (non-hydrogen) atoms. The van der Waals surface area contributed by atoms with Crippen molar-refractivity contribution in [3.8, 4) is 10.9 Å². The van der Waals surface area contributed by atoms with Crippen LogP contribution in [-0.4, -0.2) is 10.2 Å². The molecule has 0 bridgehead atoms. The summed E-state index contributed by atoms with van der Waals surface area (Å²) in [6.07, 6.45) is 0. The minimum absolute atomic E-state index is 0.380. The second-order valence-electron chi connectivity index (χ2n) is 2.61. The van der Waals surface area contributed by atoms with Gasteiger partial charge in [0.2, 0.25) is 0 Å². The number of aromatic nitrogens is 2. The monoisotopic (exact) mass is 261 g/mol. The van der Waals surface area contributed by atoms with Crippen LogP contribution < -0.4 is 10.5 Å². The molecule has 0 spiro atoms. The van der Waals surface area contributed by atoms with Crippen molar-refractivity contribution in [3.63, 3.8) is 0 Å². The van der Waals surface area contributed by atoms with E-state index in [9.17, 15) is 0 Å². The van der Waals surface area contributed by atoms with E-state index in [0.717, 1.165) is 0 Å². The molecule has 0 fully saturated rings. The molecule has 0 aliphatic rings. The molecule has 0 amide bonds. The van der Waals surface area contributed by atoms with Crippen molar-refractivity contribution in [2.24, 2.45) is 0 Å². The van der Waals surface area contributed by atoms with Crippen LogP contribution in [0.1, 0.15) is 0 Å². The predicted molar refractivity (Wildman–Crippen MR) is 60.9 cm³/mol. The van der Waals surface area contributed by atoms with Crippen LogP contribution in [0.5, 0.6) is 10.9 Å². The SMILES string of the molecule is Nc1cc(Cl)c(Cl)cc1Oc1nncs1. The Balaban J connectivity index is 2.33. The first-order chi connectivity index (χ1) is 7.16. The highest BCUT2D eigenvalue weighted by Gasteiger charge is 2.08. The van der Waals surface area contributed by atoms with Crippen LogP contribution in [0.15, 0.2) is 17.6 Å². The van der Waals surface area contributed by atoms with E-state index in [1.165, 1.54) is 17.4 Å². The lowest BCUT2D eigenvalue weighted by molar-refractivity contribution is 0.475. The van der Waals surface area contributed by atoms with E-state index in [4.69, 9.17) is 33.7 Å². The average molecular weight is 262 g/mol. The second-order valence-corrected chi connectivity index (χ2v) is 4.22. The van der Waals surface area contributed by atoms with Gasteiger partial charge in [0.25, 0.3) is 5.19 Å². The highest BCUT2D eigenvalue weighted by molar-refractivity contribution is 7.11. The number of halogens is 2. The molecule has 78 valence electrons. The van der Waals surface area contributed by atoms with Gasteiger partial charge in [-0.25, -0.2) is 0 Å². The highest BCUT2D eigenvalue weighted by atomic mass is 35.5. The first-order valence-corrected chi connectivity index (χ1v) is 5.49. The molecular weight excluding hydrogens is 257 g/mol. The predicted octanol–water partition coefficient (Wildman–Crippen LogP) is 3.22.